The zero-order valence-electron chi connectivity index (χ0n) is 12.7. The van der Waals surface area contributed by atoms with Crippen molar-refractivity contribution in [3.05, 3.63) is 29.3 Å². The molecule has 1 atom stereocenters. The molecule has 1 N–H and O–H groups in total. The third-order valence-corrected chi connectivity index (χ3v) is 3.69. The largest absolute Gasteiger partial charge is 0.366 e. The van der Waals surface area contributed by atoms with Gasteiger partial charge in [0.15, 0.2) is 0 Å². The number of likely N-dealkylation sites (N-methyl/N-ethyl adjacent to an activating group) is 1. The second-order valence-corrected chi connectivity index (χ2v) is 6.01. The monoisotopic (exact) mass is 261 g/mol. The molecule has 106 valence electrons. The standard InChI is InChI=1S/C16H27N3/c1-13-8-14(2)10-15(9-13)19-7-5-6-17-11-16(19)12-18(3)4/h8-10,16-17H,5-7,11-12H2,1-4H3. The van der Waals surface area contributed by atoms with Crippen molar-refractivity contribution in [2.75, 3.05) is 45.2 Å². The molecule has 1 aliphatic rings. The van der Waals surface area contributed by atoms with Crippen LogP contribution >= 0.6 is 0 Å². The van der Waals surface area contributed by atoms with Crippen LogP contribution in [0.5, 0.6) is 0 Å². The van der Waals surface area contributed by atoms with E-state index in [2.05, 4.69) is 61.3 Å². The highest BCUT2D eigenvalue weighted by atomic mass is 15.2. The van der Waals surface area contributed by atoms with E-state index in [0.29, 0.717) is 6.04 Å². The lowest BCUT2D eigenvalue weighted by atomic mass is 10.1. The van der Waals surface area contributed by atoms with Gasteiger partial charge in [-0.15, -0.1) is 0 Å². The fourth-order valence-corrected chi connectivity index (χ4v) is 2.98. The van der Waals surface area contributed by atoms with Crippen LogP contribution in [0.1, 0.15) is 17.5 Å². The van der Waals surface area contributed by atoms with E-state index in [-0.39, 0.29) is 0 Å². The molecule has 1 aromatic carbocycles. The van der Waals surface area contributed by atoms with Gasteiger partial charge >= 0.3 is 0 Å². The number of benzene rings is 1. The maximum absolute atomic E-state index is 3.56. The van der Waals surface area contributed by atoms with Gasteiger partial charge in [0.25, 0.3) is 0 Å². The summed E-state index contributed by atoms with van der Waals surface area (Å²) in [5, 5.41) is 3.56. The number of anilines is 1. The van der Waals surface area contributed by atoms with Crippen LogP contribution in [0.3, 0.4) is 0 Å². The Morgan fingerprint density at radius 3 is 2.53 bits per heavy atom. The van der Waals surface area contributed by atoms with Gasteiger partial charge in [0, 0.05) is 25.3 Å². The van der Waals surface area contributed by atoms with Gasteiger partial charge in [0.2, 0.25) is 0 Å². The summed E-state index contributed by atoms with van der Waals surface area (Å²) in [5.41, 5.74) is 4.10. The van der Waals surface area contributed by atoms with Crippen LogP contribution in [-0.4, -0.2) is 51.2 Å². The molecule has 3 nitrogen and oxygen atoms in total. The van der Waals surface area contributed by atoms with Gasteiger partial charge < -0.3 is 15.1 Å². The molecule has 1 heterocycles. The lowest BCUT2D eigenvalue weighted by molar-refractivity contribution is 0.361. The Kier molecular flexibility index (Phi) is 4.83. The van der Waals surface area contributed by atoms with Crippen molar-refractivity contribution in [3.8, 4) is 0 Å². The first-order valence-corrected chi connectivity index (χ1v) is 7.26. The topological polar surface area (TPSA) is 18.5 Å². The van der Waals surface area contributed by atoms with E-state index in [1.165, 1.54) is 23.2 Å². The van der Waals surface area contributed by atoms with Gasteiger partial charge in [-0.2, -0.15) is 0 Å². The summed E-state index contributed by atoms with van der Waals surface area (Å²) in [5.74, 6) is 0. The number of nitrogens with one attached hydrogen (secondary N) is 1. The molecule has 0 amide bonds. The zero-order chi connectivity index (χ0) is 13.8. The van der Waals surface area contributed by atoms with Gasteiger partial charge in [-0.1, -0.05) is 6.07 Å². The highest BCUT2D eigenvalue weighted by Gasteiger charge is 2.21. The summed E-state index contributed by atoms with van der Waals surface area (Å²) in [4.78, 5) is 4.87. The predicted molar refractivity (Wildman–Crippen MR) is 83.1 cm³/mol. The molecule has 0 saturated carbocycles. The third-order valence-electron chi connectivity index (χ3n) is 3.69. The van der Waals surface area contributed by atoms with Gasteiger partial charge in [-0.05, 0) is 64.2 Å². The summed E-state index contributed by atoms with van der Waals surface area (Å²) in [7, 11) is 4.31. The van der Waals surface area contributed by atoms with Crippen molar-refractivity contribution in [1.29, 1.82) is 0 Å². The summed E-state index contributed by atoms with van der Waals surface area (Å²) in [6.45, 7) is 8.83. The van der Waals surface area contributed by atoms with Gasteiger partial charge in [0.1, 0.15) is 0 Å². The minimum atomic E-state index is 0.554. The van der Waals surface area contributed by atoms with E-state index < -0.39 is 0 Å². The first-order valence-electron chi connectivity index (χ1n) is 7.26. The van der Waals surface area contributed by atoms with E-state index in [9.17, 15) is 0 Å². The third kappa shape index (κ3) is 3.95. The molecule has 0 bridgehead atoms. The Morgan fingerprint density at radius 2 is 1.89 bits per heavy atom. The van der Waals surface area contributed by atoms with Crippen LogP contribution in [0, 0.1) is 13.8 Å². The quantitative estimate of drug-likeness (QED) is 0.898. The Labute approximate surface area is 117 Å². The highest BCUT2D eigenvalue weighted by Crippen LogP contribution is 2.22. The summed E-state index contributed by atoms with van der Waals surface area (Å²) in [6.07, 6.45) is 1.22. The van der Waals surface area contributed by atoms with Gasteiger partial charge in [-0.25, -0.2) is 0 Å². The van der Waals surface area contributed by atoms with E-state index in [0.717, 1.165) is 26.2 Å². The fourth-order valence-electron chi connectivity index (χ4n) is 2.98. The molecule has 0 aliphatic carbocycles. The molecular weight excluding hydrogens is 234 g/mol. The molecule has 19 heavy (non-hydrogen) atoms. The average molecular weight is 261 g/mol. The zero-order valence-corrected chi connectivity index (χ0v) is 12.7. The molecule has 1 unspecified atom stereocenters. The molecule has 0 radical (unpaired) electrons. The van der Waals surface area contributed by atoms with Crippen molar-refractivity contribution in [2.24, 2.45) is 0 Å². The van der Waals surface area contributed by atoms with Crippen LogP contribution < -0.4 is 10.2 Å². The molecule has 1 fully saturated rings. The molecule has 0 spiro atoms. The molecule has 2 rings (SSSR count). The normalized spacial score (nSPS) is 20.7. The van der Waals surface area contributed by atoms with Crippen molar-refractivity contribution in [3.63, 3.8) is 0 Å². The Hall–Kier alpha value is -1.06. The van der Waals surface area contributed by atoms with Gasteiger partial charge in [-0.3, -0.25) is 0 Å². The SMILES string of the molecule is Cc1cc(C)cc(N2CCCNCC2CN(C)C)c1. The molecule has 3 heteroatoms. The molecule has 0 aromatic heterocycles. The van der Waals surface area contributed by atoms with Crippen LogP contribution in [0.15, 0.2) is 18.2 Å². The highest BCUT2D eigenvalue weighted by molar-refractivity contribution is 5.52. The van der Waals surface area contributed by atoms with Crippen LogP contribution in [0.4, 0.5) is 5.69 Å². The van der Waals surface area contributed by atoms with Crippen LogP contribution in [0.2, 0.25) is 0 Å². The number of hydrogen-bond donors (Lipinski definition) is 1. The summed E-state index contributed by atoms with van der Waals surface area (Å²) in [6, 6.07) is 7.45. The maximum Gasteiger partial charge on any atom is 0.0541 e. The molecule has 1 saturated heterocycles. The number of hydrogen-bond acceptors (Lipinski definition) is 3. The van der Waals surface area contributed by atoms with Crippen molar-refractivity contribution >= 4 is 5.69 Å². The Morgan fingerprint density at radius 1 is 1.21 bits per heavy atom. The Bertz CT molecular complexity index is 394. The lowest BCUT2D eigenvalue weighted by Crippen LogP contribution is -2.46. The average Bonchev–Trinajstić information content (AvgIpc) is 2.52. The lowest BCUT2D eigenvalue weighted by Gasteiger charge is -2.34. The molecular formula is C16H27N3. The smallest absolute Gasteiger partial charge is 0.0541 e. The number of aryl methyl sites for hydroxylation is 2. The van der Waals surface area contributed by atoms with Crippen molar-refractivity contribution < 1.29 is 0 Å². The fraction of sp³-hybridized carbons (Fsp3) is 0.625. The van der Waals surface area contributed by atoms with Crippen LogP contribution in [0.25, 0.3) is 0 Å². The van der Waals surface area contributed by atoms with E-state index in [4.69, 9.17) is 0 Å². The minimum absolute atomic E-state index is 0.554. The molecule has 1 aliphatic heterocycles. The predicted octanol–water partition coefficient (Wildman–Crippen LogP) is 2.03. The maximum atomic E-state index is 3.56. The second kappa shape index (κ2) is 6.40. The Balaban J connectivity index is 2.25. The second-order valence-electron chi connectivity index (χ2n) is 6.01. The van der Waals surface area contributed by atoms with Crippen molar-refractivity contribution in [2.45, 2.75) is 26.3 Å². The minimum Gasteiger partial charge on any atom is -0.366 e. The van der Waals surface area contributed by atoms with Crippen LogP contribution in [-0.2, 0) is 0 Å². The molecule has 1 aromatic rings. The van der Waals surface area contributed by atoms with E-state index in [1.54, 1.807) is 0 Å². The van der Waals surface area contributed by atoms with Gasteiger partial charge in [0.05, 0.1) is 6.04 Å². The first-order chi connectivity index (χ1) is 9.06. The first kappa shape index (κ1) is 14.4. The summed E-state index contributed by atoms with van der Waals surface area (Å²) >= 11 is 0. The summed E-state index contributed by atoms with van der Waals surface area (Å²) < 4.78 is 0. The van der Waals surface area contributed by atoms with Crippen molar-refractivity contribution in [1.82, 2.24) is 10.2 Å². The van der Waals surface area contributed by atoms with E-state index in [1.807, 2.05) is 0 Å². The number of rotatable bonds is 3. The number of nitrogens with zero attached hydrogens (tertiary/aromatic N) is 2. The van der Waals surface area contributed by atoms with E-state index >= 15 is 0 Å².